The van der Waals surface area contributed by atoms with Crippen LogP contribution < -0.4 is 5.32 Å². The predicted molar refractivity (Wildman–Crippen MR) is 85.6 cm³/mol. The Morgan fingerprint density at radius 2 is 2.32 bits per heavy atom. The van der Waals surface area contributed by atoms with E-state index in [1.165, 1.54) is 25.7 Å². The minimum absolute atomic E-state index is 0.328. The first-order valence-corrected chi connectivity index (χ1v) is 9.01. The molecule has 2 unspecified atom stereocenters. The lowest BCUT2D eigenvalue weighted by atomic mass is 9.95. The molecular weight excluding hydrogens is 298 g/mol. The lowest BCUT2D eigenvalue weighted by Crippen LogP contribution is -2.29. The molecule has 2 atom stereocenters. The van der Waals surface area contributed by atoms with Gasteiger partial charge in [-0.2, -0.15) is 11.8 Å². The molecule has 2 aromatic rings. The smallest absolute Gasteiger partial charge is 0.225 e. The molecule has 1 N–H and O–H groups in total. The standard InChI is InChI=1S/C13H16ClN3S2/c1-18-9-4-2-3-8(7-9)15-11-10-5-6-19-12(10)17-13(14)16-11/h5-6,8-9H,2-4,7H2,1H3,(H,15,16,17). The molecule has 0 radical (unpaired) electrons. The summed E-state index contributed by atoms with van der Waals surface area (Å²) in [4.78, 5) is 9.57. The summed E-state index contributed by atoms with van der Waals surface area (Å²) in [5.41, 5.74) is 0. The van der Waals surface area contributed by atoms with E-state index in [9.17, 15) is 0 Å². The summed E-state index contributed by atoms with van der Waals surface area (Å²) in [6, 6.07) is 2.56. The molecule has 1 aliphatic carbocycles. The largest absolute Gasteiger partial charge is 0.367 e. The fourth-order valence-corrected chi connectivity index (χ4v) is 4.43. The van der Waals surface area contributed by atoms with Gasteiger partial charge < -0.3 is 5.32 Å². The SMILES string of the molecule is CSC1CCCC(Nc2nc(Cl)nc3sccc23)C1. The number of nitrogens with one attached hydrogen (secondary N) is 1. The van der Waals surface area contributed by atoms with Gasteiger partial charge in [-0.3, -0.25) is 0 Å². The van der Waals surface area contributed by atoms with Crippen molar-refractivity contribution in [2.24, 2.45) is 0 Å². The Labute approximate surface area is 126 Å². The molecule has 1 saturated carbocycles. The van der Waals surface area contributed by atoms with Crippen molar-refractivity contribution in [1.82, 2.24) is 9.97 Å². The normalized spacial score (nSPS) is 23.7. The van der Waals surface area contributed by atoms with Crippen molar-refractivity contribution in [3.05, 3.63) is 16.7 Å². The van der Waals surface area contributed by atoms with Crippen molar-refractivity contribution in [2.75, 3.05) is 11.6 Å². The molecule has 0 spiro atoms. The third kappa shape index (κ3) is 2.98. The highest BCUT2D eigenvalue weighted by molar-refractivity contribution is 7.99. The van der Waals surface area contributed by atoms with Crippen LogP contribution in [0.25, 0.3) is 10.2 Å². The van der Waals surface area contributed by atoms with Crippen LogP contribution in [0.2, 0.25) is 5.28 Å². The fraction of sp³-hybridized carbons (Fsp3) is 0.538. The first kappa shape index (κ1) is 13.5. The summed E-state index contributed by atoms with van der Waals surface area (Å²) in [5.74, 6) is 0.892. The fourth-order valence-electron chi connectivity index (χ4n) is 2.62. The average Bonchev–Trinajstić information content (AvgIpc) is 2.87. The van der Waals surface area contributed by atoms with Gasteiger partial charge in [-0.25, -0.2) is 9.97 Å². The molecule has 0 amide bonds. The number of hydrogen-bond donors (Lipinski definition) is 1. The molecule has 6 heteroatoms. The Morgan fingerprint density at radius 3 is 3.16 bits per heavy atom. The van der Waals surface area contributed by atoms with Crippen molar-refractivity contribution in [3.63, 3.8) is 0 Å². The Kier molecular flexibility index (Phi) is 4.15. The van der Waals surface area contributed by atoms with Crippen LogP contribution in [-0.2, 0) is 0 Å². The maximum absolute atomic E-state index is 5.99. The molecule has 102 valence electrons. The van der Waals surface area contributed by atoms with Crippen LogP contribution in [0, 0.1) is 0 Å². The van der Waals surface area contributed by atoms with E-state index in [1.807, 2.05) is 17.1 Å². The van der Waals surface area contributed by atoms with Crippen LogP contribution in [0.4, 0.5) is 5.82 Å². The molecule has 19 heavy (non-hydrogen) atoms. The zero-order chi connectivity index (χ0) is 13.2. The first-order valence-electron chi connectivity index (χ1n) is 6.46. The number of aromatic nitrogens is 2. The quantitative estimate of drug-likeness (QED) is 0.851. The van der Waals surface area contributed by atoms with Gasteiger partial charge in [0.15, 0.2) is 0 Å². The number of anilines is 1. The molecule has 3 rings (SSSR count). The summed E-state index contributed by atoms with van der Waals surface area (Å²) < 4.78 is 0. The van der Waals surface area contributed by atoms with E-state index >= 15 is 0 Å². The van der Waals surface area contributed by atoms with Crippen LogP contribution in [-0.4, -0.2) is 27.5 Å². The Morgan fingerprint density at radius 1 is 1.42 bits per heavy atom. The molecule has 1 aliphatic rings. The summed E-state index contributed by atoms with van der Waals surface area (Å²) in [5, 5.41) is 7.78. The van der Waals surface area contributed by atoms with Crippen molar-refractivity contribution >= 4 is 50.7 Å². The van der Waals surface area contributed by atoms with Gasteiger partial charge in [0.25, 0.3) is 0 Å². The molecule has 0 aliphatic heterocycles. The number of thiophene rings is 1. The monoisotopic (exact) mass is 313 g/mol. The third-order valence-corrected chi connectivity index (χ3v) is 5.67. The molecule has 1 fully saturated rings. The molecular formula is C13H16ClN3S2. The van der Waals surface area contributed by atoms with Crippen LogP contribution >= 0.6 is 34.7 Å². The topological polar surface area (TPSA) is 37.8 Å². The van der Waals surface area contributed by atoms with E-state index in [0.29, 0.717) is 11.3 Å². The minimum Gasteiger partial charge on any atom is -0.367 e. The zero-order valence-corrected chi connectivity index (χ0v) is 13.1. The van der Waals surface area contributed by atoms with E-state index in [1.54, 1.807) is 11.3 Å². The van der Waals surface area contributed by atoms with Crippen molar-refractivity contribution in [1.29, 1.82) is 0 Å². The molecule has 0 bridgehead atoms. The highest BCUT2D eigenvalue weighted by Crippen LogP contribution is 2.31. The number of thioether (sulfide) groups is 1. The molecule has 0 aromatic carbocycles. The van der Waals surface area contributed by atoms with Gasteiger partial charge >= 0.3 is 0 Å². The van der Waals surface area contributed by atoms with Crippen molar-refractivity contribution in [2.45, 2.75) is 37.0 Å². The number of halogens is 1. The number of rotatable bonds is 3. The van der Waals surface area contributed by atoms with E-state index in [-0.39, 0.29) is 0 Å². The summed E-state index contributed by atoms with van der Waals surface area (Å²) >= 11 is 9.57. The third-order valence-electron chi connectivity index (χ3n) is 3.60. The molecule has 2 heterocycles. The first-order chi connectivity index (χ1) is 9.26. The van der Waals surface area contributed by atoms with Crippen LogP contribution in [0.3, 0.4) is 0 Å². The summed E-state index contributed by atoms with van der Waals surface area (Å²) in [7, 11) is 0. The minimum atomic E-state index is 0.328. The highest BCUT2D eigenvalue weighted by Gasteiger charge is 2.22. The van der Waals surface area contributed by atoms with Gasteiger partial charge in [0, 0.05) is 11.3 Å². The van der Waals surface area contributed by atoms with Crippen LogP contribution in [0.5, 0.6) is 0 Å². The Balaban J connectivity index is 1.82. The van der Waals surface area contributed by atoms with E-state index in [0.717, 1.165) is 21.3 Å². The second-order valence-electron chi connectivity index (χ2n) is 4.85. The van der Waals surface area contributed by atoms with Gasteiger partial charge in [0.05, 0.1) is 5.39 Å². The van der Waals surface area contributed by atoms with E-state index < -0.39 is 0 Å². The second kappa shape index (κ2) is 5.85. The van der Waals surface area contributed by atoms with Gasteiger partial charge in [-0.05, 0) is 48.6 Å². The lowest BCUT2D eigenvalue weighted by molar-refractivity contribution is 0.473. The van der Waals surface area contributed by atoms with Crippen LogP contribution in [0.1, 0.15) is 25.7 Å². The van der Waals surface area contributed by atoms with E-state index in [2.05, 4.69) is 27.6 Å². The predicted octanol–water partition coefficient (Wildman–Crippen LogP) is 4.43. The Bertz CT molecular complexity index is 572. The molecule has 3 nitrogen and oxygen atoms in total. The van der Waals surface area contributed by atoms with Crippen molar-refractivity contribution in [3.8, 4) is 0 Å². The van der Waals surface area contributed by atoms with Gasteiger partial charge in [0.1, 0.15) is 10.6 Å². The highest BCUT2D eigenvalue weighted by atomic mass is 35.5. The maximum Gasteiger partial charge on any atom is 0.225 e. The lowest BCUT2D eigenvalue weighted by Gasteiger charge is -2.29. The average molecular weight is 314 g/mol. The zero-order valence-electron chi connectivity index (χ0n) is 10.7. The van der Waals surface area contributed by atoms with Gasteiger partial charge in [-0.15, -0.1) is 11.3 Å². The molecule has 2 aromatic heterocycles. The van der Waals surface area contributed by atoms with Gasteiger partial charge in [0.2, 0.25) is 5.28 Å². The second-order valence-corrected chi connectivity index (χ2v) is 7.22. The van der Waals surface area contributed by atoms with Crippen LogP contribution in [0.15, 0.2) is 11.4 Å². The van der Waals surface area contributed by atoms with E-state index in [4.69, 9.17) is 11.6 Å². The summed E-state index contributed by atoms with van der Waals surface area (Å²) in [6.45, 7) is 0. The Hall–Kier alpha value is -0.520. The van der Waals surface area contributed by atoms with Gasteiger partial charge in [-0.1, -0.05) is 6.42 Å². The number of hydrogen-bond acceptors (Lipinski definition) is 5. The molecule has 0 saturated heterocycles. The number of nitrogens with zero attached hydrogens (tertiary/aromatic N) is 2. The van der Waals surface area contributed by atoms with Crippen molar-refractivity contribution < 1.29 is 0 Å². The summed E-state index contributed by atoms with van der Waals surface area (Å²) in [6.07, 6.45) is 7.23. The number of fused-ring (bicyclic) bond motifs is 1. The maximum atomic E-state index is 5.99.